The summed E-state index contributed by atoms with van der Waals surface area (Å²) in [6.45, 7) is 6.54. The standard InChI is InChI=1S/C8H17NO/c1-7(2,10)6-9-8(3)4-5-8/h9-10H,4-6H2,1-3H3. The van der Waals surface area contributed by atoms with Crippen LogP contribution in [-0.2, 0) is 0 Å². The zero-order chi connectivity index (χ0) is 7.83. The van der Waals surface area contributed by atoms with Gasteiger partial charge in [-0.2, -0.15) is 0 Å². The first-order valence-electron chi connectivity index (χ1n) is 3.89. The quantitative estimate of drug-likeness (QED) is 0.615. The fraction of sp³-hybridized carbons (Fsp3) is 1.00. The van der Waals surface area contributed by atoms with Crippen LogP contribution < -0.4 is 5.32 Å². The smallest absolute Gasteiger partial charge is 0.0715 e. The Kier molecular flexibility index (Phi) is 1.77. The molecule has 2 nitrogen and oxygen atoms in total. The second kappa shape index (κ2) is 2.21. The van der Waals surface area contributed by atoms with Gasteiger partial charge >= 0.3 is 0 Å². The number of nitrogens with one attached hydrogen (secondary N) is 1. The van der Waals surface area contributed by atoms with Crippen molar-refractivity contribution in [1.29, 1.82) is 0 Å². The normalized spacial score (nSPS) is 22.8. The van der Waals surface area contributed by atoms with Crippen LogP contribution in [0.15, 0.2) is 0 Å². The summed E-state index contributed by atoms with van der Waals surface area (Å²) in [6.07, 6.45) is 2.51. The Bertz CT molecular complexity index is 116. The molecule has 0 atom stereocenters. The molecule has 0 saturated heterocycles. The molecule has 1 aliphatic carbocycles. The maximum Gasteiger partial charge on any atom is 0.0715 e. The largest absolute Gasteiger partial charge is 0.389 e. The predicted molar refractivity (Wildman–Crippen MR) is 41.9 cm³/mol. The Morgan fingerprint density at radius 3 is 2.30 bits per heavy atom. The summed E-state index contributed by atoms with van der Waals surface area (Å²) in [7, 11) is 0. The molecule has 0 aromatic rings. The second-order valence-electron chi connectivity index (χ2n) is 4.23. The maximum atomic E-state index is 9.35. The average Bonchev–Trinajstić information content (AvgIpc) is 2.43. The molecule has 0 bridgehead atoms. The van der Waals surface area contributed by atoms with Crippen LogP contribution in [-0.4, -0.2) is 22.8 Å². The summed E-state index contributed by atoms with van der Waals surface area (Å²) in [5, 5.41) is 12.7. The van der Waals surface area contributed by atoms with Crippen molar-refractivity contribution >= 4 is 0 Å². The molecular weight excluding hydrogens is 126 g/mol. The van der Waals surface area contributed by atoms with Crippen LogP contribution in [0.1, 0.15) is 33.6 Å². The fourth-order valence-electron chi connectivity index (χ4n) is 0.794. The van der Waals surface area contributed by atoms with Gasteiger partial charge < -0.3 is 10.4 Å². The first-order chi connectivity index (χ1) is 4.41. The highest BCUT2D eigenvalue weighted by molar-refractivity contribution is 4.98. The zero-order valence-electron chi connectivity index (χ0n) is 7.07. The van der Waals surface area contributed by atoms with Crippen molar-refractivity contribution in [3.8, 4) is 0 Å². The molecule has 0 heterocycles. The number of hydrogen-bond acceptors (Lipinski definition) is 2. The van der Waals surface area contributed by atoms with Gasteiger partial charge in [0.1, 0.15) is 0 Å². The first-order valence-corrected chi connectivity index (χ1v) is 3.89. The van der Waals surface area contributed by atoms with Gasteiger partial charge in [-0.05, 0) is 33.6 Å². The lowest BCUT2D eigenvalue weighted by molar-refractivity contribution is 0.0759. The number of hydrogen-bond donors (Lipinski definition) is 2. The molecule has 0 aliphatic heterocycles. The van der Waals surface area contributed by atoms with Gasteiger partial charge in [0.25, 0.3) is 0 Å². The SMILES string of the molecule is CC(C)(O)CNC1(C)CC1. The van der Waals surface area contributed by atoms with Crippen molar-refractivity contribution in [2.75, 3.05) is 6.54 Å². The summed E-state index contributed by atoms with van der Waals surface area (Å²) < 4.78 is 0. The van der Waals surface area contributed by atoms with Gasteiger partial charge in [0.15, 0.2) is 0 Å². The van der Waals surface area contributed by atoms with E-state index in [4.69, 9.17) is 0 Å². The molecule has 60 valence electrons. The van der Waals surface area contributed by atoms with Crippen LogP contribution in [0.5, 0.6) is 0 Å². The summed E-state index contributed by atoms with van der Waals surface area (Å²) in [6, 6.07) is 0. The van der Waals surface area contributed by atoms with E-state index < -0.39 is 5.60 Å². The van der Waals surface area contributed by atoms with E-state index in [9.17, 15) is 5.11 Å². The van der Waals surface area contributed by atoms with E-state index in [1.807, 2.05) is 13.8 Å². The molecule has 0 spiro atoms. The Hall–Kier alpha value is -0.0800. The van der Waals surface area contributed by atoms with Crippen LogP contribution in [0.2, 0.25) is 0 Å². The second-order valence-corrected chi connectivity index (χ2v) is 4.23. The minimum atomic E-state index is -0.564. The molecular formula is C8H17NO. The van der Waals surface area contributed by atoms with Crippen LogP contribution in [0.25, 0.3) is 0 Å². The molecule has 0 aromatic carbocycles. The van der Waals surface area contributed by atoms with Crippen molar-refractivity contribution in [2.45, 2.75) is 44.8 Å². The lowest BCUT2D eigenvalue weighted by atomic mass is 10.1. The third-order valence-corrected chi connectivity index (χ3v) is 1.95. The summed E-state index contributed by atoms with van der Waals surface area (Å²) in [5.74, 6) is 0. The number of rotatable bonds is 3. The fourth-order valence-corrected chi connectivity index (χ4v) is 0.794. The monoisotopic (exact) mass is 143 g/mol. The van der Waals surface area contributed by atoms with E-state index in [0.29, 0.717) is 12.1 Å². The van der Waals surface area contributed by atoms with Crippen molar-refractivity contribution in [3.63, 3.8) is 0 Å². The van der Waals surface area contributed by atoms with Gasteiger partial charge in [0.2, 0.25) is 0 Å². The van der Waals surface area contributed by atoms with E-state index >= 15 is 0 Å². The topological polar surface area (TPSA) is 32.3 Å². The lowest BCUT2D eigenvalue weighted by Gasteiger charge is -2.20. The summed E-state index contributed by atoms with van der Waals surface area (Å²) in [4.78, 5) is 0. The van der Waals surface area contributed by atoms with Gasteiger partial charge in [-0.25, -0.2) is 0 Å². The van der Waals surface area contributed by atoms with Crippen LogP contribution >= 0.6 is 0 Å². The number of aliphatic hydroxyl groups is 1. The van der Waals surface area contributed by atoms with Crippen LogP contribution in [0.4, 0.5) is 0 Å². The Morgan fingerprint density at radius 2 is 2.00 bits per heavy atom. The van der Waals surface area contributed by atoms with Gasteiger partial charge in [-0.3, -0.25) is 0 Å². The van der Waals surface area contributed by atoms with Crippen molar-refractivity contribution < 1.29 is 5.11 Å². The lowest BCUT2D eigenvalue weighted by Crippen LogP contribution is -2.40. The van der Waals surface area contributed by atoms with Gasteiger partial charge in [0.05, 0.1) is 5.60 Å². The predicted octanol–water partition coefficient (Wildman–Crippen LogP) is 0.899. The molecule has 1 saturated carbocycles. The van der Waals surface area contributed by atoms with Crippen molar-refractivity contribution in [1.82, 2.24) is 5.32 Å². The molecule has 1 aliphatic rings. The molecule has 2 heteroatoms. The van der Waals surface area contributed by atoms with Crippen LogP contribution in [0, 0.1) is 0 Å². The van der Waals surface area contributed by atoms with E-state index in [1.54, 1.807) is 0 Å². The van der Waals surface area contributed by atoms with Gasteiger partial charge in [0, 0.05) is 12.1 Å². The van der Waals surface area contributed by atoms with Gasteiger partial charge in [-0.15, -0.1) is 0 Å². The highest BCUT2D eigenvalue weighted by Crippen LogP contribution is 2.34. The molecule has 2 N–H and O–H groups in total. The molecule has 0 aromatic heterocycles. The maximum absolute atomic E-state index is 9.35. The van der Waals surface area contributed by atoms with E-state index in [0.717, 1.165) is 0 Å². The minimum absolute atomic E-state index is 0.347. The molecule has 0 amide bonds. The molecule has 0 radical (unpaired) electrons. The first kappa shape index (κ1) is 8.02. The summed E-state index contributed by atoms with van der Waals surface area (Å²) in [5.41, 5.74) is -0.217. The van der Waals surface area contributed by atoms with Crippen molar-refractivity contribution in [2.24, 2.45) is 0 Å². The zero-order valence-corrected chi connectivity index (χ0v) is 7.07. The molecule has 1 rings (SSSR count). The molecule has 1 fully saturated rings. The average molecular weight is 143 g/mol. The van der Waals surface area contributed by atoms with Gasteiger partial charge in [-0.1, -0.05) is 0 Å². The number of β-amino-alcohol motifs (C(OH)–C–C–N with tert-alkyl or cyclic N) is 1. The van der Waals surface area contributed by atoms with E-state index in [-0.39, 0.29) is 0 Å². The van der Waals surface area contributed by atoms with E-state index in [1.165, 1.54) is 12.8 Å². The molecule has 0 unspecified atom stereocenters. The highest BCUT2D eigenvalue weighted by atomic mass is 16.3. The Morgan fingerprint density at radius 1 is 1.50 bits per heavy atom. The van der Waals surface area contributed by atoms with Crippen molar-refractivity contribution in [3.05, 3.63) is 0 Å². The Balaban J connectivity index is 2.17. The third-order valence-electron chi connectivity index (χ3n) is 1.95. The Labute approximate surface area is 62.6 Å². The van der Waals surface area contributed by atoms with Crippen LogP contribution in [0.3, 0.4) is 0 Å². The molecule has 10 heavy (non-hydrogen) atoms. The van der Waals surface area contributed by atoms with E-state index in [2.05, 4.69) is 12.2 Å². The minimum Gasteiger partial charge on any atom is -0.389 e. The highest BCUT2D eigenvalue weighted by Gasteiger charge is 2.37. The summed E-state index contributed by atoms with van der Waals surface area (Å²) >= 11 is 0. The third kappa shape index (κ3) is 2.67.